The molecular formula is C16H25NO2. The first-order valence-electron chi connectivity index (χ1n) is 6.80. The molecule has 0 fully saturated rings. The summed E-state index contributed by atoms with van der Waals surface area (Å²) in [7, 11) is 1.69. The van der Waals surface area contributed by atoms with Crippen LogP contribution in [-0.2, 0) is 10.2 Å². The molecule has 0 unspecified atom stereocenters. The van der Waals surface area contributed by atoms with Crippen molar-refractivity contribution in [3.8, 4) is 5.75 Å². The third kappa shape index (κ3) is 5.43. The van der Waals surface area contributed by atoms with Crippen molar-refractivity contribution in [2.75, 3.05) is 20.2 Å². The van der Waals surface area contributed by atoms with Crippen LogP contribution in [-0.4, -0.2) is 26.0 Å². The van der Waals surface area contributed by atoms with Crippen molar-refractivity contribution in [1.29, 1.82) is 0 Å². The summed E-state index contributed by atoms with van der Waals surface area (Å²) in [5.41, 5.74) is 1.30. The Morgan fingerprint density at radius 3 is 2.74 bits per heavy atom. The fraction of sp³-hybridized carbons (Fsp3) is 0.562. The van der Waals surface area contributed by atoms with Crippen LogP contribution in [0, 0.1) is 0 Å². The summed E-state index contributed by atoms with van der Waals surface area (Å²) < 4.78 is 5.26. The number of hydrogen-bond donors (Lipinski definition) is 1. The summed E-state index contributed by atoms with van der Waals surface area (Å²) in [6, 6.07) is 8.18. The van der Waals surface area contributed by atoms with Gasteiger partial charge >= 0.3 is 0 Å². The standard InChI is InChI=1S/C16H25NO2/c1-13(18)7-6-10-17-12-16(2,3)14-8-5-9-15(11-14)19-4/h5,8-9,11,17H,6-7,10,12H2,1-4H3. The lowest BCUT2D eigenvalue weighted by atomic mass is 9.84. The average Bonchev–Trinajstić information content (AvgIpc) is 2.38. The molecule has 0 aliphatic rings. The van der Waals surface area contributed by atoms with Gasteiger partial charge in [0, 0.05) is 18.4 Å². The molecule has 1 rings (SSSR count). The van der Waals surface area contributed by atoms with E-state index in [1.165, 1.54) is 5.56 Å². The van der Waals surface area contributed by atoms with Crippen molar-refractivity contribution >= 4 is 5.78 Å². The zero-order valence-corrected chi connectivity index (χ0v) is 12.5. The Labute approximate surface area is 116 Å². The number of hydrogen-bond acceptors (Lipinski definition) is 3. The quantitative estimate of drug-likeness (QED) is 0.733. The minimum absolute atomic E-state index is 0.0464. The van der Waals surface area contributed by atoms with Crippen molar-refractivity contribution in [2.24, 2.45) is 0 Å². The first-order valence-corrected chi connectivity index (χ1v) is 6.80. The van der Waals surface area contributed by atoms with Gasteiger partial charge in [-0.15, -0.1) is 0 Å². The van der Waals surface area contributed by atoms with Crippen LogP contribution in [0.3, 0.4) is 0 Å². The smallest absolute Gasteiger partial charge is 0.129 e. The highest BCUT2D eigenvalue weighted by Gasteiger charge is 2.20. The van der Waals surface area contributed by atoms with Crippen LogP contribution >= 0.6 is 0 Å². The number of benzene rings is 1. The zero-order chi connectivity index (χ0) is 14.3. The molecule has 0 saturated carbocycles. The Morgan fingerprint density at radius 2 is 2.11 bits per heavy atom. The van der Waals surface area contributed by atoms with Gasteiger partial charge in [0.15, 0.2) is 0 Å². The molecule has 0 aliphatic heterocycles. The summed E-state index contributed by atoms with van der Waals surface area (Å²) in [5.74, 6) is 1.15. The molecule has 1 aromatic rings. The molecule has 3 heteroatoms. The molecule has 0 saturated heterocycles. The van der Waals surface area contributed by atoms with Crippen molar-refractivity contribution in [3.05, 3.63) is 29.8 Å². The molecule has 19 heavy (non-hydrogen) atoms. The molecule has 0 atom stereocenters. The first-order chi connectivity index (χ1) is 8.95. The molecule has 0 aliphatic carbocycles. The van der Waals surface area contributed by atoms with Crippen molar-refractivity contribution in [2.45, 2.75) is 39.0 Å². The number of carbonyl (C=O) groups excluding carboxylic acids is 1. The predicted octanol–water partition coefficient (Wildman–Crippen LogP) is 2.93. The van der Waals surface area contributed by atoms with Gasteiger partial charge in [-0.25, -0.2) is 0 Å². The number of ketones is 1. The monoisotopic (exact) mass is 263 g/mol. The van der Waals surface area contributed by atoms with E-state index in [2.05, 4.69) is 31.3 Å². The van der Waals surface area contributed by atoms with Gasteiger partial charge in [0.1, 0.15) is 11.5 Å². The Balaban J connectivity index is 2.48. The molecule has 0 aromatic heterocycles. The van der Waals surface area contributed by atoms with Crippen molar-refractivity contribution in [1.82, 2.24) is 5.32 Å². The van der Waals surface area contributed by atoms with E-state index in [0.717, 1.165) is 25.3 Å². The van der Waals surface area contributed by atoms with Crippen LogP contribution in [0.4, 0.5) is 0 Å². The highest BCUT2D eigenvalue weighted by Crippen LogP contribution is 2.25. The topological polar surface area (TPSA) is 38.3 Å². The Kier molecular flexibility index (Phi) is 6.03. The van der Waals surface area contributed by atoms with E-state index >= 15 is 0 Å². The number of methoxy groups -OCH3 is 1. The molecule has 3 nitrogen and oxygen atoms in total. The van der Waals surface area contributed by atoms with Crippen LogP contribution in [0.1, 0.15) is 39.2 Å². The summed E-state index contributed by atoms with van der Waals surface area (Å²) in [5, 5.41) is 3.42. The number of ether oxygens (including phenoxy) is 1. The fourth-order valence-electron chi connectivity index (χ4n) is 2.01. The molecule has 0 amide bonds. The van der Waals surface area contributed by atoms with Gasteiger partial charge in [-0.1, -0.05) is 26.0 Å². The predicted molar refractivity (Wildman–Crippen MR) is 78.8 cm³/mol. The van der Waals surface area contributed by atoms with Gasteiger partial charge in [0.2, 0.25) is 0 Å². The molecule has 0 radical (unpaired) electrons. The molecule has 106 valence electrons. The van der Waals surface area contributed by atoms with Gasteiger partial charge in [-0.2, -0.15) is 0 Å². The van der Waals surface area contributed by atoms with Gasteiger partial charge in [-0.3, -0.25) is 0 Å². The molecular weight excluding hydrogens is 238 g/mol. The Morgan fingerprint density at radius 1 is 1.37 bits per heavy atom. The number of carbonyl (C=O) groups is 1. The molecule has 0 spiro atoms. The first kappa shape index (κ1) is 15.7. The maximum absolute atomic E-state index is 10.9. The summed E-state index contributed by atoms with van der Waals surface area (Å²) in [6.45, 7) is 7.82. The Bertz CT molecular complexity index is 413. The van der Waals surface area contributed by atoms with E-state index in [0.29, 0.717) is 6.42 Å². The SMILES string of the molecule is COc1cccc(C(C)(C)CNCCCC(C)=O)c1. The largest absolute Gasteiger partial charge is 0.497 e. The molecule has 0 heterocycles. The summed E-state index contributed by atoms with van der Waals surface area (Å²) in [4.78, 5) is 10.9. The van der Waals surface area contributed by atoms with Crippen LogP contribution in [0.25, 0.3) is 0 Å². The van der Waals surface area contributed by atoms with Crippen LogP contribution < -0.4 is 10.1 Å². The third-order valence-electron chi connectivity index (χ3n) is 3.30. The fourth-order valence-corrected chi connectivity index (χ4v) is 2.01. The maximum atomic E-state index is 10.9. The second-order valence-electron chi connectivity index (χ2n) is 5.60. The van der Waals surface area contributed by atoms with Crippen LogP contribution in [0.2, 0.25) is 0 Å². The van der Waals surface area contributed by atoms with E-state index in [1.807, 2.05) is 12.1 Å². The van der Waals surface area contributed by atoms with Crippen LogP contribution in [0.15, 0.2) is 24.3 Å². The minimum atomic E-state index is 0.0464. The third-order valence-corrected chi connectivity index (χ3v) is 3.30. The van der Waals surface area contributed by atoms with Crippen molar-refractivity contribution in [3.63, 3.8) is 0 Å². The van der Waals surface area contributed by atoms with Gasteiger partial charge in [-0.05, 0) is 37.6 Å². The molecule has 0 bridgehead atoms. The van der Waals surface area contributed by atoms with Gasteiger partial charge in [0.25, 0.3) is 0 Å². The number of rotatable bonds is 8. The normalized spacial score (nSPS) is 11.4. The van der Waals surface area contributed by atoms with E-state index < -0.39 is 0 Å². The lowest BCUT2D eigenvalue weighted by Gasteiger charge is -2.26. The second-order valence-corrected chi connectivity index (χ2v) is 5.60. The van der Waals surface area contributed by atoms with Gasteiger partial charge in [0.05, 0.1) is 7.11 Å². The van der Waals surface area contributed by atoms with Crippen LogP contribution in [0.5, 0.6) is 5.75 Å². The highest BCUT2D eigenvalue weighted by molar-refractivity contribution is 5.75. The highest BCUT2D eigenvalue weighted by atomic mass is 16.5. The molecule has 1 N–H and O–H groups in total. The summed E-state index contributed by atoms with van der Waals surface area (Å²) in [6.07, 6.45) is 1.57. The Hall–Kier alpha value is -1.35. The second kappa shape index (κ2) is 7.29. The van der Waals surface area contributed by atoms with E-state index in [9.17, 15) is 4.79 Å². The lowest BCUT2D eigenvalue weighted by Crippen LogP contribution is -2.33. The van der Waals surface area contributed by atoms with Crippen molar-refractivity contribution < 1.29 is 9.53 Å². The lowest BCUT2D eigenvalue weighted by molar-refractivity contribution is -0.117. The van der Waals surface area contributed by atoms with E-state index in [4.69, 9.17) is 4.74 Å². The minimum Gasteiger partial charge on any atom is -0.497 e. The average molecular weight is 263 g/mol. The van der Waals surface area contributed by atoms with E-state index in [-0.39, 0.29) is 11.2 Å². The van der Waals surface area contributed by atoms with Gasteiger partial charge < -0.3 is 14.8 Å². The zero-order valence-electron chi connectivity index (χ0n) is 12.5. The maximum Gasteiger partial charge on any atom is 0.129 e. The number of Topliss-reactive ketones (excluding diaryl/α,β-unsaturated/α-hetero) is 1. The summed E-state index contributed by atoms with van der Waals surface area (Å²) >= 11 is 0. The van der Waals surface area contributed by atoms with E-state index in [1.54, 1.807) is 14.0 Å². The number of nitrogens with one attached hydrogen (secondary N) is 1. The molecule has 1 aromatic carbocycles.